The lowest BCUT2D eigenvalue weighted by Gasteiger charge is -2.00. The van der Waals surface area contributed by atoms with Crippen LogP contribution < -0.4 is 0 Å². The number of pyridine rings is 1. The molecule has 0 spiro atoms. The van der Waals surface area contributed by atoms with E-state index in [0.717, 1.165) is 28.9 Å². The van der Waals surface area contributed by atoms with Crippen molar-refractivity contribution in [1.29, 1.82) is 0 Å². The Labute approximate surface area is 98.3 Å². The Morgan fingerprint density at radius 3 is 3.06 bits per heavy atom. The van der Waals surface area contributed by atoms with Crippen LogP contribution in [0.2, 0.25) is 0 Å². The number of H-pyrrole nitrogens is 1. The van der Waals surface area contributed by atoms with Gasteiger partial charge in [-0.15, -0.1) is 0 Å². The summed E-state index contributed by atoms with van der Waals surface area (Å²) in [5.41, 5.74) is 12.1. The van der Waals surface area contributed by atoms with E-state index in [4.69, 9.17) is 5.53 Å². The zero-order chi connectivity index (χ0) is 12.1. The van der Waals surface area contributed by atoms with E-state index in [0.29, 0.717) is 6.54 Å². The van der Waals surface area contributed by atoms with Crippen LogP contribution in [0.25, 0.3) is 21.7 Å². The van der Waals surface area contributed by atoms with Gasteiger partial charge in [0.1, 0.15) is 0 Å². The van der Waals surface area contributed by atoms with E-state index in [2.05, 4.69) is 25.2 Å². The smallest absolute Gasteiger partial charge is 0.0972 e. The molecule has 86 valence electrons. The largest absolute Gasteiger partial charge is 0.282 e. The van der Waals surface area contributed by atoms with Crippen LogP contribution in [0, 0.1) is 0 Å². The summed E-state index contributed by atoms with van der Waals surface area (Å²) in [4.78, 5) is 6.85. The highest BCUT2D eigenvalue weighted by Crippen LogP contribution is 2.24. The third-order valence-electron chi connectivity index (χ3n) is 2.53. The van der Waals surface area contributed by atoms with Crippen molar-refractivity contribution >= 4 is 0 Å². The maximum atomic E-state index is 8.41. The highest BCUT2D eigenvalue weighted by Gasteiger charge is 2.12. The minimum atomic E-state index is 0.306. The van der Waals surface area contributed by atoms with Crippen molar-refractivity contribution in [1.82, 2.24) is 15.2 Å². The van der Waals surface area contributed by atoms with Crippen LogP contribution in [0.3, 0.4) is 0 Å². The number of aromatic nitrogens is 3. The summed E-state index contributed by atoms with van der Waals surface area (Å²) in [5.74, 6) is 0. The first-order chi connectivity index (χ1) is 8.36. The lowest BCUT2D eigenvalue weighted by Crippen LogP contribution is -1.90. The summed E-state index contributed by atoms with van der Waals surface area (Å²) < 4.78 is 0. The zero-order valence-corrected chi connectivity index (χ0v) is 9.46. The first kappa shape index (κ1) is 11.2. The Bertz CT molecular complexity index is 538. The number of nitrogens with zero attached hydrogens (tertiary/aromatic N) is 5. The van der Waals surface area contributed by atoms with Crippen molar-refractivity contribution in [2.24, 2.45) is 5.11 Å². The molecule has 2 rings (SSSR count). The van der Waals surface area contributed by atoms with Crippen molar-refractivity contribution in [3.05, 3.63) is 46.2 Å². The van der Waals surface area contributed by atoms with Gasteiger partial charge in [0.15, 0.2) is 0 Å². The molecule has 0 bridgehead atoms. The lowest BCUT2D eigenvalue weighted by molar-refractivity contribution is 0.944. The number of azide groups is 1. The second-order valence-electron chi connectivity index (χ2n) is 3.51. The summed E-state index contributed by atoms with van der Waals surface area (Å²) in [6, 6.07) is 3.79. The molecule has 0 amide bonds. The van der Waals surface area contributed by atoms with E-state index in [1.807, 2.05) is 19.1 Å². The van der Waals surface area contributed by atoms with Gasteiger partial charge in [0.2, 0.25) is 0 Å². The molecule has 0 aliphatic heterocycles. The molecule has 0 fully saturated rings. The average Bonchev–Trinajstić information content (AvgIpc) is 2.80. The van der Waals surface area contributed by atoms with E-state index in [1.165, 1.54) is 0 Å². The molecule has 0 saturated carbocycles. The standard InChI is InChI=1S/C11H12N6/c1-2-10-9(7-14-17-12)11(16-15-10)8-4-3-5-13-6-8/h3-6H,2,7H2,1H3,(H,15,16). The third kappa shape index (κ3) is 2.26. The molecule has 2 heterocycles. The van der Waals surface area contributed by atoms with Gasteiger partial charge in [-0.05, 0) is 24.1 Å². The van der Waals surface area contributed by atoms with Crippen molar-refractivity contribution in [2.75, 3.05) is 0 Å². The first-order valence-electron chi connectivity index (χ1n) is 5.34. The monoisotopic (exact) mass is 228 g/mol. The summed E-state index contributed by atoms with van der Waals surface area (Å²) >= 11 is 0. The Balaban J connectivity index is 2.47. The fourth-order valence-electron chi connectivity index (χ4n) is 1.71. The van der Waals surface area contributed by atoms with Crippen molar-refractivity contribution in [3.8, 4) is 11.3 Å². The fraction of sp³-hybridized carbons (Fsp3) is 0.273. The molecule has 2 aromatic heterocycles. The molecule has 0 radical (unpaired) electrons. The summed E-state index contributed by atoms with van der Waals surface area (Å²) in [6.45, 7) is 2.33. The number of nitrogens with one attached hydrogen (secondary N) is 1. The number of rotatable bonds is 4. The number of hydrogen-bond acceptors (Lipinski definition) is 3. The van der Waals surface area contributed by atoms with E-state index >= 15 is 0 Å². The van der Waals surface area contributed by atoms with Gasteiger partial charge in [-0.3, -0.25) is 10.1 Å². The molecule has 0 saturated heterocycles. The van der Waals surface area contributed by atoms with Crippen LogP contribution in [-0.4, -0.2) is 15.2 Å². The Morgan fingerprint density at radius 1 is 1.53 bits per heavy atom. The Kier molecular flexibility index (Phi) is 3.37. The highest BCUT2D eigenvalue weighted by atomic mass is 15.2. The van der Waals surface area contributed by atoms with Crippen LogP contribution in [0.15, 0.2) is 29.6 Å². The summed E-state index contributed by atoms with van der Waals surface area (Å²) in [5, 5.41) is 10.8. The van der Waals surface area contributed by atoms with Crippen LogP contribution in [0.1, 0.15) is 18.2 Å². The number of aryl methyl sites for hydroxylation is 1. The molecule has 0 aromatic carbocycles. The topological polar surface area (TPSA) is 90.3 Å². The van der Waals surface area contributed by atoms with Crippen molar-refractivity contribution < 1.29 is 0 Å². The minimum Gasteiger partial charge on any atom is -0.282 e. The quantitative estimate of drug-likeness (QED) is 0.495. The molecule has 6 nitrogen and oxygen atoms in total. The van der Waals surface area contributed by atoms with Gasteiger partial charge in [-0.1, -0.05) is 12.0 Å². The molecule has 2 aromatic rings. The second kappa shape index (κ2) is 5.14. The maximum Gasteiger partial charge on any atom is 0.0972 e. The van der Waals surface area contributed by atoms with Gasteiger partial charge in [-0.25, -0.2) is 0 Å². The summed E-state index contributed by atoms with van der Waals surface area (Å²) in [7, 11) is 0. The molecule has 17 heavy (non-hydrogen) atoms. The van der Waals surface area contributed by atoms with Crippen LogP contribution >= 0.6 is 0 Å². The molecule has 6 heteroatoms. The predicted molar refractivity (Wildman–Crippen MR) is 64.0 cm³/mol. The third-order valence-corrected chi connectivity index (χ3v) is 2.53. The first-order valence-corrected chi connectivity index (χ1v) is 5.34. The lowest BCUT2D eigenvalue weighted by atomic mass is 10.1. The van der Waals surface area contributed by atoms with Gasteiger partial charge in [0.25, 0.3) is 0 Å². The predicted octanol–water partition coefficient (Wildman–Crippen LogP) is 2.84. The minimum absolute atomic E-state index is 0.306. The highest BCUT2D eigenvalue weighted by molar-refractivity contribution is 5.62. The van der Waals surface area contributed by atoms with Gasteiger partial charge < -0.3 is 0 Å². The van der Waals surface area contributed by atoms with Crippen molar-refractivity contribution in [3.63, 3.8) is 0 Å². The molecular weight excluding hydrogens is 216 g/mol. The second-order valence-corrected chi connectivity index (χ2v) is 3.51. The molecule has 0 aliphatic carbocycles. The van der Waals surface area contributed by atoms with E-state index < -0.39 is 0 Å². The van der Waals surface area contributed by atoms with Gasteiger partial charge >= 0.3 is 0 Å². The SMILES string of the molecule is CCc1[nH]nc(-c2cccnc2)c1CN=[N+]=[N-]. The molecular formula is C11H12N6. The summed E-state index contributed by atoms with van der Waals surface area (Å²) in [6.07, 6.45) is 4.28. The number of aromatic amines is 1. The molecule has 0 unspecified atom stereocenters. The maximum absolute atomic E-state index is 8.41. The Morgan fingerprint density at radius 2 is 2.41 bits per heavy atom. The van der Waals surface area contributed by atoms with Crippen molar-refractivity contribution in [2.45, 2.75) is 19.9 Å². The molecule has 0 atom stereocenters. The van der Waals surface area contributed by atoms with E-state index in [1.54, 1.807) is 12.4 Å². The average molecular weight is 228 g/mol. The van der Waals surface area contributed by atoms with Gasteiger partial charge in [0, 0.05) is 34.1 Å². The van der Waals surface area contributed by atoms with E-state index in [-0.39, 0.29) is 0 Å². The Hall–Kier alpha value is -2.33. The van der Waals surface area contributed by atoms with Crippen LogP contribution in [0.5, 0.6) is 0 Å². The normalized spacial score (nSPS) is 9.94. The van der Waals surface area contributed by atoms with Crippen LogP contribution in [-0.2, 0) is 13.0 Å². The van der Waals surface area contributed by atoms with Gasteiger partial charge in [0.05, 0.1) is 12.2 Å². The van der Waals surface area contributed by atoms with Gasteiger partial charge in [-0.2, -0.15) is 5.10 Å². The molecule has 0 aliphatic rings. The van der Waals surface area contributed by atoms with Crippen LogP contribution in [0.4, 0.5) is 0 Å². The fourth-order valence-corrected chi connectivity index (χ4v) is 1.71. The zero-order valence-electron chi connectivity index (χ0n) is 9.46. The van der Waals surface area contributed by atoms with E-state index in [9.17, 15) is 0 Å². The number of hydrogen-bond donors (Lipinski definition) is 1. The molecule has 1 N–H and O–H groups in total.